The van der Waals surface area contributed by atoms with Crippen molar-refractivity contribution < 1.29 is 4.79 Å². The zero-order chi connectivity index (χ0) is 21.9. The Morgan fingerprint density at radius 3 is 2.72 bits per heavy atom. The van der Waals surface area contributed by atoms with Gasteiger partial charge in [0.05, 0.1) is 5.69 Å². The molecule has 2 bridgehead atoms. The molecule has 0 saturated carbocycles. The predicted molar refractivity (Wildman–Crippen MR) is 128 cm³/mol. The number of hydrogen-bond donors (Lipinski definition) is 0. The van der Waals surface area contributed by atoms with E-state index < -0.39 is 0 Å². The lowest BCUT2D eigenvalue weighted by Crippen LogP contribution is -2.59. The standard InChI is InChI=1S/C28H27N3O/c1-18-26-17-21-4-3-20(19-7-11-29-12-8-19)16-24(21)28(18,2)10-14-31(26)27(32)23-5-6-25-22(15-23)9-13-30-25/h3-8,11-13,15-16,18,26H,9-10,14,17H2,1-2H3/t18-,26-,28-/m1/s1. The lowest BCUT2D eigenvalue weighted by atomic mass is 9.58. The maximum Gasteiger partial charge on any atom is 0.254 e. The van der Waals surface area contributed by atoms with Crippen LogP contribution in [-0.2, 0) is 18.3 Å². The number of benzene rings is 2. The summed E-state index contributed by atoms with van der Waals surface area (Å²) in [6.45, 7) is 5.53. The van der Waals surface area contributed by atoms with Gasteiger partial charge in [0.15, 0.2) is 0 Å². The van der Waals surface area contributed by atoms with E-state index in [0.717, 1.165) is 42.6 Å². The minimum atomic E-state index is 0.0733. The number of fused-ring (bicyclic) bond motifs is 5. The third-order valence-corrected chi connectivity index (χ3v) is 8.15. The van der Waals surface area contributed by atoms with E-state index in [9.17, 15) is 4.79 Å². The SMILES string of the molecule is C[C@@H]1[C@H]2Cc3ccc(-c4ccncc4)cc3[C@]1(C)CCN2C(=O)c1ccc2c(c1)CC=N2. The molecule has 3 aliphatic rings. The van der Waals surface area contributed by atoms with Gasteiger partial charge in [-0.05, 0) is 82.3 Å². The molecular formula is C28H27N3O. The fraction of sp³-hybridized carbons (Fsp3) is 0.321. The van der Waals surface area contributed by atoms with E-state index in [0.29, 0.717) is 5.92 Å². The Balaban J connectivity index is 1.34. The van der Waals surface area contributed by atoms with Gasteiger partial charge in [-0.25, -0.2) is 0 Å². The van der Waals surface area contributed by atoms with Crippen LogP contribution in [0.25, 0.3) is 11.1 Å². The number of aromatic nitrogens is 1. The van der Waals surface area contributed by atoms with Crippen molar-refractivity contribution in [2.45, 2.75) is 44.6 Å². The van der Waals surface area contributed by atoms with Crippen LogP contribution < -0.4 is 0 Å². The van der Waals surface area contributed by atoms with Gasteiger partial charge in [-0.1, -0.05) is 32.0 Å². The van der Waals surface area contributed by atoms with E-state index in [1.807, 2.05) is 36.8 Å². The largest absolute Gasteiger partial charge is 0.335 e. The molecule has 1 fully saturated rings. The smallest absolute Gasteiger partial charge is 0.254 e. The molecule has 1 amide bonds. The van der Waals surface area contributed by atoms with Gasteiger partial charge in [0.25, 0.3) is 5.91 Å². The van der Waals surface area contributed by atoms with Crippen molar-refractivity contribution in [3.8, 4) is 11.1 Å². The molecular weight excluding hydrogens is 394 g/mol. The lowest BCUT2D eigenvalue weighted by molar-refractivity contribution is 0.0251. The Bertz CT molecular complexity index is 1250. The molecule has 2 aromatic carbocycles. The van der Waals surface area contributed by atoms with Crippen molar-refractivity contribution in [3.63, 3.8) is 0 Å². The molecule has 3 aromatic rings. The van der Waals surface area contributed by atoms with Crippen LogP contribution in [0.15, 0.2) is 65.9 Å². The van der Waals surface area contributed by atoms with Gasteiger partial charge in [-0.3, -0.25) is 14.8 Å². The van der Waals surface area contributed by atoms with Gasteiger partial charge in [-0.2, -0.15) is 0 Å². The maximum absolute atomic E-state index is 13.6. The number of carbonyl (C=O) groups excluding carboxylic acids is 1. The van der Waals surface area contributed by atoms with Crippen LogP contribution in [0.1, 0.15) is 47.3 Å². The molecule has 0 unspecified atom stereocenters. The van der Waals surface area contributed by atoms with Gasteiger partial charge in [0.2, 0.25) is 0 Å². The first-order valence-electron chi connectivity index (χ1n) is 11.5. The van der Waals surface area contributed by atoms with Crippen LogP contribution in [0.5, 0.6) is 0 Å². The molecule has 6 rings (SSSR count). The van der Waals surface area contributed by atoms with Crippen LogP contribution in [-0.4, -0.2) is 34.6 Å². The molecule has 160 valence electrons. The number of likely N-dealkylation sites (tertiary alicyclic amines) is 1. The van der Waals surface area contributed by atoms with Crippen molar-refractivity contribution in [1.82, 2.24) is 9.88 Å². The Hall–Kier alpha value is -3.27. The van der Waals surface area contributed by atoms with Gasteiger partial charge < -0.3 is 4.90 Å². The quantitative estimate of drug-likeness (QED) is 0.558. The van der Waals surface area contributed by atoms with Gasteiger partial charge in [-0.15, -0.1) is 0 Å². The van der Waals surface area contributed by atoms with Crippen LogP contribution >= 0.6 is 0 Å². The third-order valence-electron chi connectivity index (χ3n) is 8.15. The maximum atomic E-state index is 13.6. The summed E-state index contributed by atoms with van der Waals surface area (Å²) < 4.78 is 0. The Morgan fingerprint density at radius 1 is 1.03 bits per heavy atom. The molecule has 4 nitrogen and oxygen atoms in total. The van der Waals surface area contributed by atoms with Crippen LogP contribution in [0, 0.1) is 5.92 Å². The van der Waals surface area contributed by atoms with Crippen molar-refractivity contribution >= 4 is 17.8 Å². The fourth-order valence-electron chi connectivity index (χ4n) is 6.01. The molecule has 0 N–H and O–H groups in total. The van der Waals surface area contributed by atoms with Crippen LogP contribution in [0.4, 0.5) is 5.69 Å². The number of nitrogens with zero attached hydrogens (tertiary/aromatic N) is 3. The summed E-state index contributed by atoms with van der Waals surface area (Å²) in [5, 5.41) is 0. The third kappa shape index (κ3) is 2.85. The molecule has 1 aromatic heterocycles. The van der Waals surface area contributed by atoms with E-state index >= 15 is 0 Å². The first-order valence-corrected chi connectivity index (χ1v) is 11.5. The first kappa shape index (κ1) is 19.4. The topological polar surface area (TPSA) is 45.6 Å². The number of amides is 1. The second kappa shape index (κ2) is 7.13. The summed E-state index contributed by atoms with van der Waals surface area (Å²) in [7, 11) is 0. The van der Waals surface area contributed by atoms with Crippen LogP contribution in [0.3, 0.4) is 0 Å². The molecule has 0 spiro atoms. The normalized spacial score (nSPS) is 25.4. The van der Waals surface area contributed by atoms with E-state index in [2.05, 4.69) is 59.1 Å². The molecule has 32 heavy (non-hydrogen) atoms. The van der Waals surface area contributed by atoms with Gasteiger partial charge >= 0.3 is 0 Å². The second-order valence-electron chi connectivity index (χ2n) is 9.69. The van der Waals surface area contributed by atoms with E-state index in [-0.39, 0.29) is 17.4 Å². The number of pyridine rings is 1. The van der Waals surface area contributed by atoms with E-state index in [1.165, 1.54) is 22.3 Å². The van der Waals surface area contributed by atoms with Crippen LogP contribution in [0.2, 0.25) is 0 Å². The lowest BCUT2D eigenvalue weighted by Gasteiger charge is -2.54. The number of carbonyl (C=O) groups is 1. The summed E-state index contributed by atoms with van der Waals surface area (Å²) in [6.07, 6.45) is 8.35. The second-order valence-corrected chi connectivity index (χ2v) is 9.69. The number of rotatable bonds is 2. The molecule has 1 saturated heterocycles. The summed E-state index contributed by atoms with van der Waals surface area (Å²) in [5.74, 6) is 0.564. The Morgan fingerprint density at radius 2 is 1.88 bits per heavy atom. The average Bonchev–Trinajstić information content (AvgIpc) is 3.29. The number of hydrogen-bond acceptors (Lipinski definition) is 3. The zero-order valence-corrected chi connectivity index (χ0v) is 18.6. The summed E-state index contributed by atoms with van der Waals surface area (Å²) in [5.41, 5.74) is 8.31. The van der Waals surface area contributed by atoms with E-state index in [4.69, 9.17) is 0 Å². The minimum absolute atomic E-state index is 0.0733. The zero-order valence-electron chi connectivity index (χ0n) is 18.6. The highest BCUT2D eigenvalue weighted by Crippen LogP contribution is 2.49. The number of piperidine rings is 1. The van der Waals surface area contributed by atoms with Crippen molar-refractivity contribution in [3.05, 3.63) is 83.2 Å². The fourth-order valence-corrected chi connectivity index (χ4v) is 6.01. The predicted octanol–water partition coefficient (Wildman–Crippen LogP) is 5.37. The average molecular weight is 422 g/mol. The highest BCUT2D eigenvalue weighted by molar-refractivity contribution is 5.96. The molecule has 0 radical (unpaired) electrons. The molecule has 2 aliphatic heterocycles. The highest BCUT2D eigenvalue weighted by atomic mass is 16.2. The van der Waals surface area contributed by atoms with Gasteiger partial charge in [0, 0.05) is 43.2 Å². The number of aliphatic imine (C=N–C) groups is 1. The molecule has 3 atom stereocenters. The van der Waals surface area contributed by atoms with Gasteiger partial charge in [0.1, 0.15) is 0 Å². The Labute approximate surface area is 189 Å². The minimum Gasteiger partial charge on any atom is -0.335 e. The molecule has 3 heterocycles. The van der Waals surface area contributed by atoms with E-state index in [1.54, 1.807) is 0 Å². The van der Waals surface area contributed by atoms with Crippen molar-refractivity contribution in [1.29, 1.82) is 0 Å². The first-order chi connectivity index (χ1) is 15.5. The summed E-state index contributed by atoms with van der Waals surface area (Å²) >= 11 is 0. The summed E-state index contributed by atoms with van der Waals surface area (Å²) in [4.78, 5) is 24.3. The molecule has 1 aliphatic carbocycles. The molecule has 4 heteroatoms. The monoisotopic (exact) mass is 421 g/mol. The van der Waals surface area contributed by atoms with Crippen molar-refractivity contribution in [2.75, 3.05) is 6.54 Å². The summed E-state index contributed by atoms with van der Waals surface area (Å²) in [6, 6.07) is 17.2. The Kier molecular flexibility index (Phi) is 4.32. The highest BCUT2D eigenvalue weighted by Gasteiger charge is 2.49. The van der Waals surface area contributed by atoms with Crippen molar-refractivity contribution in [2.24, 2.45) is 10.9 Å².